The van der Waals surface area contributed by atoms with Crippen LogP contribution < -0.4 is 10.2 Å². The molecule has 0 aliphatic carbocycles. The quantitative estimate of drug-likeness (QED) is 0.597. The zero-order chi connectivity index (χ0) is 21.8. The van der Waals surface area contributed by atoms with Crippen LogP contribution in [0.5, 0.6) is 0 Å². The molecule has 160 valence electrons. The van der Waals surface area contributed by atoms with Crippen molar-refractivity contribution >= 4 is 34.0 Å². The first-order valence-electron chi connectivity index (χ1n) is 10.6. The Balaban J connectivity index is 1.37. The van der Waals surface area contributed by atoms with Gasteiger partial charge in [-0.05, 0) is 29.5 Å². The summed E-state index contributed by atoms with van der Waals surface area (Å²) in [6.07, 6.45) is 1.81. The van der Waals surface area contributed by atoms with E-state index < -0.39 is 5.92 Å². The number of carbonyl (C=O) groups excluding carboxylic acids is 2. The Bertz CT molecular complexity index is 1070. The molecule has 2 aromatic carbocycles. The van der Waals surface area contributed by atoms with Gasteiger partial charge in [-0.1, -0.05) is 73.7 Å². The lowest BCUT2D eigenvalue weighted by Crippen LogP contribution is -2.28. The molecule has 2 atom stereocenters. The topological polar surface area (TPSA) is 75.2 Å². The molecule has 7 heteroatoms. The van der Waals surface area contributed by atoms with E-state index in [4.69, 9.17) is 0 Å². The van der Waals surface area contributed by atoms with Gasteiger partial charge in [0.2, 0.25) is 16.9 Å². The third kappa shape index (κ3) is 4.82. The highest BCUT2D eigenvalue weighted by Gasteiger charge is 2.36. The van der Waals surface area contributed by atoms with Crippen molar-refractivity contribution in [1.82, 2.24) is 10.2 Å². The van der Waals surface area contributed by atoms with Crippen LogP contribution in [0.25, 0.3) is 0 Å². The molecule has 2 amide bonds. The highest BCUT2D eigenvalue weighted by Crippen LogP contribution is 2.30. The third-order valence-electron chi connectivity index (χ3n) is 5.71. The van der Waals surface area contributed by atoms with Crippen molar-refractivity contribution in [1.29, 1.82) is 0 Å². The van der Waals surface area contributed by atoms with Gasteiger partial charge in [-0.15, -0.1) is 10.2 Å². The van der Waals surface area contributed by atoms with Gasteiger partial charge in [0.1, 0.15) is 5.01 Å². The Hall–Kier alpha value is -3.06. The van der Waals surface area contributed by atoms with Gasteiger partial charge >= 0.3 is 0 Å². The van der Waals surface area contributed by atoms with Gasteiger partial charge in [-0.2, -0.15) is 0 Å². The standard InChI is InChI=1S/C24H26N4O2S/c1-3-17-9-7-8-12-20(17)28-15-19(14-22(28)29)23(30)25-24-27-26-21(31-24)13-16(2)18-10-5-4-6-11-18/h4-12,16,19H,3,13-15H2,1-2H3,(H,25,27,30). The molecule has 2 heterocycles. The van der Waals surface area contributed by atoms with Gasteiger partial charge in [0.05, 0.1) is 5.92 Å². The molecule has 31 heavy (non-hydrogen) atoms. The Morgan fingerprint density at radius 1 is 1.16 bits per heavy atom. The molecule has 1 saturated heterocycles. The maximum atomic E-state index is 12.8. The number of hydrogen-bond acceptors (Lipinski definition) is 5. The molecule has 0 bridgehead atoms. The van der Waals surface area contributed by atoms with Gasteiger partial charge in [0, 0.05) is 25.1 Å². The first kappa shape index (κ1) is 21.2. The molecule has 0 saturated carbocycles. The molecule has 1 N–H and O–H groups in total. The molecule has 6 nitrogen and oxygen atoms in total. The van der Waals surface area contributed by atoms with E-state index in [2.05, 4.69) is 41.5 Å². The van der Waals surface area contributed by atoms with Crippen molar-refractivity contribution in [3.05, 3.63) is 70.7 Å². The molecule has 1 aromatic heterocycles. The van der Waals surface area contributed by atoms with Crippen LogP contribution in [0.1, 0.15) is 42.3 Å². The summed E-state index contributed by atoms with van der Waals surface area (Å²) >= 11 is 1.39. The summed E-state index contributed by atoms with van der Waals surface area (Å²) in [6.45, 7) is 4.61. The van der Waals surface area contributed by atoms with E-state index in [-0.39, 0.29) is 18.2 Å². The minimum Gasteiger partial charge on any atom is -0.311 e. The largest absolute Gasteiger partial charge is 0.311 e. The number of hydrogen-bond donors (Lipinski definition) is 1. The van der Waals surface area contributed by atoms with Gasteiger partial charge in [0.15, 0.2) is 0 Å². The van der Waals surface area contributed by atoms with Crippen molar-refractivity contribution in [3.8, 4) is 0 Å². The normalized spacial score (nSPS) is 17.0. The molecule has 4 rings (SSSR count). The summed E-state index contributed by atoms with van der Waals surface area (Å²) in [7, 11) is 0. The minimum atomic E-state index is -0.395. The first-order valence-corrected chi connectivity index (χ1v) is 11.4. The number of amides is 2. The fourth-order valence-electron chi connectivity index (χ4n) is 3.94. The van der Waals surface area contributed by atoms with Crippen molar-refractivity contribution < 1.29 is 9.59 Å². The van der Waals surface area contributed by atoms with E-state index in [0.29, 0.717) is 17.6 Å². The molecule has 1 aliphatic heterocycles. The van der Waals surface area contributed by atoms with E-state index in [0.717, 1.165) is 29.1 Å². The predicted molar refractivity (Wildman–Crippen MR) is 123 cm³/mol. The van der Waals surface area contributed by atoms with Crippen LogP contribution >= 0.6 is 11.3 Å². The van der Waals surface area contributed by atoms with E-state index in [1.165, 1.54) is 16.9 Å². The van der Waals surface area contributed by atoms with Crippen LogP contribution in [0.3, 0.4) is 0 Å². The van der Waals surface area contributed by atoms with Crippen molar-refractivity contribution in [3.63, 3.8) is 0 Å². The van der Waals surface area contributed by atoms with Crippen molar-refractivity contribution in [2.75, 3.05) is 16.8 Å². The van der Waals surface area contributed by atoms with Gasteiger partial charge in [-0.3, -0.25) is 9.59 Å². The molecular weight excluding hydrogens is 408 g/mol. The van der Waals surface area contributed by atoms with E-state index in [1.807, 2.05) is 42.5 Å². The molecule has 2 unspecified atom stereocenters. The summed E-state index contributed by atoms with van der Waals surface area (Å²) in [6, 6.07) is 18.1. The summed E-state index contributed by atoms with van der Waals surface area (Å²) in [5.74, 6) is -0.273. The number of rotatable bonds is 7. The van der Waals surface area contributed by atoms with Crippen LogP contribution in [0.4, 0.5) is 10.8 Å². The molecular formula is C24H26N4O2S. The van der Waals surface area contributed by atoms with Crippen molar-refractivity contribution in [2.24, 2.45) is 5.92 Å². The second-order valence-corrected chi connectivity index (χ2v) is 8.96. The number of aryl methyl sites for hydroxylation is 1. The second-order valence-electron chi connectivity index (χ2n) is 7.89. The fourth-order valence-corrected chi connectivity index (χ4v) is 4.82. The summed E-state index contributed by atoms with van der Waals surface area (Å²) in [5, 5.41) is 12.6. The number of nitrogens with one attached hydrogen (secondary N) is 1. The van der Waals surface area contributed by atoms with Gasteiger partial charge < -0.3 is 10.2 Å². The zero-order valence-corrected chi connectivity index (χ0v) is 18.6. The van der Waals surface area contributed by atoms with E-state index in [1.54, 1.807) is 4.90 Å². The molecule has 1 fully saturated rings. The van der Waals surface area contributed by atoms with Crippen molar-refractivity contribution in [2.45, 2.75) is 39.0 Å². The Morgan fingerprint density at radius 3 is 2.68 bits per heavy atom. The number of benzene rings is 2. The number of aromatic nitrogens is 2. The maximum Gasteiger partial charge on any atom is 0.231 e. The monoisotopic (exact) mass is 434 g/mol. The zero-order valence-electron chi connectivity index (χ0n) is 17.7. The van der Waals surface area contributed by atoms with Crippen LogP contribution in [0, 0.1) is 5.92 Å². The van der Waals surface area contributed by atoms with Crippen LogP contribution in [0.2, 0.25) is 0 Å². The molecule has 0 radical (unpaired) electrons. The lowest BCUT2D eigenvalue weighted by atomic mass is 9.98. The number of nitrogens with zero attached hydrogens (tertiary/aromatic N) is 3. The first-order chi connectivity index (χ1) is 15.0. The smallest absolute Gasteiger partial charge is 0.231 e. The number of anilines is 2. The predicted octanol–water partition coefficient (Wildman–Crippen LogP) is 4.44. The second kappa shape index (κ2) is 9.39. The fraction of sp³-hybridized carbons (Fsp3) is 0.333. The van der Waals surface area contributed by atoms with E-state index >= 15 is 0 Å². The van der Waals surface area contributed by atoms with E-state index in [9.17, 15) is 9.59 Å². The summed E-state index contributed by atoms with van der Waals surface area (Å²) in [5.41, 5.74) is 3.26. The molecule has 3 aromatic rings. The Morgan fingerprint density at radius 2 is 1.90 bits per heavy atom. The summed E-state index contributed by atoms with van der Waals surface area (Å²) < 4.78 is 0. The maximum absolute atomic E-state index is 12.8. The molecule has 1 aliphatic rings. The van der Waals surface area contributed by atoms with Gasteiger partial charge in [0.25, 0.3) is 0 Å². The Kier molecular flexibility index (Phi) is 6.42. The lowest BCUT2D eigenvalue weighted by molar-refractivity contribution is -0.122. The van der Waals surface area contributed by atoms with Gasteiger partial charge in [-0.25, -0.2) is 0 Å². The van der Waals surface area contributed by atoms with Crippen LogP contribution in [-0.2, 0) is 22.4 Å². The number of para-hydroxylation sites is 1. The Labute approximate surface area is 186 Å². The average molecular weight is 435 g/mol. The summed E-state index contributed by atoms with van der Waals surface area (Å²) in [4.78, 5) is 27.1. The third-order valence-corrected chi connectivity index (χ3v) is 6.57. The highest BCUT2D eigenvalue weighted by molar-refractivity contribution is 7.15. The SMILES string of the molecule is CCc1ccccc1N1CC(C(=O)Nc2nnc(CC(C)c3ccccc3)s2)CC1=O. The average Bonchev–Trinajstić information content (AvgIpc) is 3.40. The van der Waals surface area contributed by atoms with Crippen LogP contribution in [-0.4, -0.2) is 28.6 Å². The minimum absolute atomic E-state index is 0.0179. The number of carbonyl (C=O) groups is 2. The van der Waals surface area contributed by atoms with Crippen LogP contribution in [0.15, 0.2) is 54.6 Å². The lowest BCUT2D eigenvalue weighted by Gasteiger charge is -2.19. The molecule has 0 spiro atoms. The highest BCUT2D eigenvalue weighted by atomic mass is 32.1.